The van der Waals surface area contributed by atoms with Gasteiger partial charge in [-0.1, -0.05) is 53.2 Å². The number of fused-ring (bicyclic) bond motifs is 7. The third kappa shape index (κ3) is 14.6. The predicted molar refractivity (Wildman–Crippen MR) is 347 cm³/mol. The van der Waals surface area contributed by atoms with E-state index in [1.54, 1.807) is 0 Å². The molecular formula is C70H114O35. The Balaban J connectivity index is 0.702. The first-order valence-electron chi connectivity index (χ1n) is 37.1. The second-order valence-corrected chi connectivity index (χ2v) is 33.7. The summed E-state index contributed by atoms with van der Waals surface area (Å²) >= 11 is 0. The van der Waals surface area contributed by atoms with E-state index in [0.717, 1.165) is 5.57 Å². The minimum Gasteiger partial charge on any atom is -0.432 e. The number of aliphatic hydroxyl groups excluding tert-OH is 20. The van der Waals surface area contributed by atoms with Crippen LogP contribution in [0.5, 0.6) is 0 Å². The van der Waals surface area contributed by atoms with Gasteiger partial charge in [-0.3, -0.25) is 4.79 Å². The Kier molecular flexibility index (Phi) is 24.6. The maximum atomic E-state index is 15.4. The zero-order valence-corrected chi connectivity index (χ0v) is 60.3. The van der Waals surface area contributed by atoms with E-state index in [2.05, 4.69) is 40.7 Å². The Labute approximate surface area is 607 Å². The number of hydrogen-bond acceptors (Lipinski definition) is 35. The van der Waals surface area contributed by atoms with Gasteiger partial charge in [-0.15, -0.1) is 0 Å². The maximum Gasteiger partial charge on any atom is 0.315 e. The molecular weight excluding hydrogens is 1400 g/mol. The molecule has 12 rings (SSSR count). The third-order valence-electron chi connectivity index (χ3n) is 27.0. The molecule has 0 aromatic carbocycles. The molecule has 5 aliphatic carbocycles. The molecule has 4 saturated carbocycles. The number of carbonyl (C=O) groups excluding carboxylic acids is 1. The van der Waals surface area contributed by atoms with Crippen molar-refractivity contribution in [2.24, 2.45) is 50.2 Å². The van der Waals surface area contributed by atoms with Gasteiger partial charge in [0.15, 0.2) is 37.7 Å². The van der Waals surface area contributed by atoms with Crippen LogP contribution in [0.15, 0.2) is 11.6 Å². The third-order valence-corrected chi connectivity index (χ3v) is 27.0. The Hall–Kier alpha value is -2.11. The van der Waals surface area contributed by atoms with Crippen molar-refractivity contribution in [3.8, 4) is 0 Å². The predicted octanol–water partition coefficient (Wildman–Crippen LogP) is -6.26. The quantitative estimate of drug-likeness (QED) is 0.0345. The SMILES string of the molecule is C[C@@H]1O[C@@H](OC[C@H]2O[C@@H](O[C@H]3[C@H](O[C@H]4CC[C@@]5(C)C(CC[C@]6(C)C5CC=C5[C@@H]7CC(C)(C)CC[C@]7(C(=O)O[C@@H]7O[C@H](CO[C@@H]8O[C@H](CO)[C@@H](O[C@@H]9O[C@@H](C)[C@H](O)[C@@H](O[C@@H]%10OC[C@H](O)[C@H](O)[C@H]%10O)[C@H]9O)[C@H](O)[C@H]8O)[C@@H](O)[C@H](O)[C@H]7O)CC[C@]56C)[C@]4(C)CO)OC[C@H](O)[C@@H]3O)[C@H](O)[C@@H](O)[C@@H]2O)[C@H](O)[C@H](O)[C@H]1O. The van der Waals surface area contributed by atoms with Crippen LogP contribution >= 0.6 is 0 Å². The van der Waals surface area contributed by atoms with Crippen LogP contribution in [-0.4, -0.2) is 357 Å². The Morgan fingerprint density at radius 1 is 0.457 bits per heavy atom. The van der Waals surface area contributed by atoms with Crippen molar-refractivity contribution in [2.45, 2.75) is 328 Å². The van der Waals surface area contributed by atoms with E-state index in [4.69, 9.17) is 66.3 Å². The van der Waals surface area contributed by atoms with Crippen LogP contribution in [0.3, 0.4) is 0 Å². The van der Waals surface area contributed by atoms with Gasteiger partial charge in [-0.2, -0.15) is 0 Å². The number of allylic oxidation sites excluding steroid dienone is 2. The molecule has 604 valence electrons. The molecule has 12 aliphatic rings. The lowest BCUT2D eigenvalue weighted by Gasteiger charge is -2.71. The molecule has 0 spiro atoms. The first kappa shape index (κ1) is 82.4. The molecule has 11 fully saturated rings. The topological polar surface area (TPSA) is 551 Å². The van der Waals surface area contributed by atoms with E-state index in [1.807, 2.05) is 6.92 Å². The van der Waals surface area contributed by atoms with E-state index >= 15 is 4.79 Å². The van der Waals surface area contributed by atoms with Crippen molar-refractivity contribution in [3.05, 3.63) is 11.6 Å². The van der Waals surface area contributed by atoms with E-state index in [9.17, 15) is 102 Å². The maximum absolute atomic E-state index is 15.4. The van der Waals surface area contributed by atoms with Crippen LogP contribution in [0, 0.1) is 50.2 Å². The summed E-state index contributed by atoms with van der Waals surface area (Å²) < 4.78 is 82.7. The smallest absolute Gasteiger partial charge is 0.315 e. The van der Waals surface area contributed by atoms with Crippen LogP contribution in [-0.2, 0) is 71.1 Å². The minimum atomic E-state index is -1.99. The fourth-order valence-corrected chi connectivity index (χ4v) is 20.1. The van der Waals surface area contributed by atoms with Crippen molar-refractivity contribution >= 4 is 5.97 Å². The number of rotatable bonds is 18. The van der Waals surface area contributed by atoms with Gasteiger partial charge in [0.05, 0.1) is 63.4 Å². The lowest BCUT2D eigenvalue weighted by atomic mass is 9.33. The van der Waals surface area contributed by atoms with Crippen LogP contribution < -0.4 is 0 Å². The van der Waals surface area contributed by atoms with Gasteiger partial charge >= 0.3 is 5.97 Å². The lowest BCUT2D eigenvalue weighted by molar-refractivity contribution is -0.375. The molecule has 20 N–H and O–H groups in total. The average Bonchev–Trinajstić information content (AvgIpc) is 0.674. The lowest BCUT2D eigenvalue weighted by Crippen LogP contribution is -2.67. The molecule has 0 bridgehead atoms. The zero-order chi connectivity index (χ0) is 76.4. The summed E-state index contributed by atoms with van der Waals surface area (Å²) in [5, 5.41) is 219. The molecule has 7 saturated heterocycles. The van der Waals surface area contributed by atoms with Crippen molar-refractivity contribution in [1.82, 2.24) is 0 Å². The molecule has 0 amide bonds. The molecule has 0 aromatic heterocycles. The Morgan fingerprint density at radius 3 is 1.62 bits per heavy atom. The molecule has 7 heterocycles. The highest BCUT2D eigenvalue weighted by atomic mass is 16.8. The minimum absolute atomic E-state index is 0.0373. The molecule has 105 heavy (non-hydrogen) atoms. The fourth-order valence-electron chi connectivity index (χ4n) is 20.1. The first-order valence-corrected chi connectivity index (χ1v) is 37.1. The summed E-state index contributed by atoms with van der Waals surface area (Å²) in [6.07, 6.45) is -48.0. The average molecular weight is 1520 g/mol. The zero-order valence-electron chi connectivity index (χ0n) is 60.3. The number of ether oxygens (including phenoxy) is 14. The molecule has 0 aromatic rings. The normalized spacial score (nSPS) is 55.2. The highest BCUT2D eigenvalue weighted by molar-refractivity contribution is 5.79. The van der Waals surface area contributed by atoms with Crippen molar-refractivity contribution in [1.29, 1.82) is 0 Å². The second-order valence-electron chi connectivity index (χ2n) is 33.7. The summed E-state index contributed by atoms with van der Waals surface area (Å²) in [4.78, 5) is 15.4. The van der Waals surface area contributed by atoms with E-state index in [0.29, 0.717) is 64.2 Å². The van der Waals surface area contributed by atoms with Gasteiger partial charge in [0.1, 0.15) is 146 Å². The monoisotopic (exact) mass is 1510 g/mol. The fraction of sp³-hybridized carbons (Fsp3) is 0.957. The summed E-state index contributed by atoms with van der Waals surface area (Å²) in [7, 11) is 0. The van der Waals surface area contributed by atoms with Gasteiger partial charge in [0, 0.05) is 5.41 Å². The molecule has 7 aliphatic heterocycles. The van der Waals surface area contributed by atoms with Gasteiger partial charge < -0.3 is 168 Å². The number of carbonyl (C=O) groups is 1. The van der Waals surface area contributed by atoms with E-state index < -0.39 is 270 Å². The molecule has 42 atom stereocenters. The van der Waals surface area contributed by atoms with Gasteiger partial charge in [-0.05, 0) is 117 Å². The van der Waals surface area contributed by atoms with Crippen molar-refractivity contribution in [3.63, 3.8) is 0 Å². The first-order chi connectivity index (χ1) is 49.3. The van der Waals surface area contributed by atoms with E-state index in [1.165, 1.54) is 13.8 Å². The second kappa shape index (κ2) is 31.3. The molecule has 35 heteroatoms. The largest absolute Gasteiger partial charge is 0.432 e. The van der Waals surface area contributed by atoms with Gasteiger partial charge in [0.2, 0.25) is 6.29 Å². The van der Waals surface area contributed by atoms with Crippen LogP contribution in [0.25, 0.3) is 0 Å². The van der Waals surface area contributed by atoms with Crippen molar-refractivity contribution < 1.29 is 173 Å². The van der Waals surface area contributed by atoms with Crippen LogP contribution in [0.1, 0.15) is 120 Å². The highest BCUT2D eigenvalue weighted by Crippen LogP contribution is 2.76. The van der Waals surface area contributed by atoms with Gasteiger partial charge in [-0.25, -0.2) is 0 Å². The van der Waals surface area contributed by atoms with E-state index in [-0.39, 0.29) is 35.2 Å². The number of hydrogen-bond donors (Lipinski definition) is 20. The summed E-state index contributed by atoms with van der Waals surface area (Å²) in [5.41, 5.74) is -2.48. The summed E-state index contributed by atoms with van der Waals surface area (Å²) in [5.74, 6) is -1.16. The Morgan fingerprint density at radius 2 is 0.971 bits per heavy atom. The van der Waals surface area contributed by atoms with Gasteiger partial charge in [0.25, 0.3) is 0 Å². The highest BCUT2D eigenvalue weighted by Gasteiger charge is 2.71. The number of esters is 1. The number of aliphatic hydroxyl groups is 20. The van der Waals surface area contributed by atoms with Crippen molar-refractivity contribution in [2.75, 3.05) is 39.6 Å². The standard InChI is InChI=1S/C70H114O35/c1-26-38(75)44(81)49(86)57(96-26)94-23-33-42(79)45(82)50(87)60(99-33)104-56-41(78)31(74)22-93-63(56)101-37-12-13-66(5)35(67(37,6)25-72)11-14-69(8)36(66)10-9-28-29-19-65(3,4)15-17-70(29,18-16-68(28,69)7)64(91)105-61-51(88)46(83)43(80)34(100-61)24-95-58-52(89)47(84)54(32(20-71)98-58)102-62-53(90)55(39(76)27(2)97-62)103-59-48(85)40(77)30(73)21-92-59/h9,26-27,29-63,71-90H,10-25H2,1-8H3/t26-,27-,29-,30-,31-,32+,33+,34+,35?,36?,37-,38-,39-,40-,41-,42+,43+,44+,45-,46-,47+,48+,49+,50+,51+,52+,53+,54+,55+,56+,57+,58+,59-,60-,61-,62-,63-,66-,67-,68+,69+,70-/m0/s1. The Bertz CT molecular complexity index is 2970. The van der Waals surface area contributed by atoms with Crippen LogP contribution in [0.4, 0.5) is 0 Å². The molecule has 0 radical (unpaired) electrons. The van der Waals surface area contributed by atoms with Crippen LogP contribution in [0.2, 0.25) is 0 Å². The summed E-state index contributed by atoms with van der Waals surface area (Å²) in [6, 6.07) is 0. The summed E-state index contributed by atoms with van der Waals surface area (Å²) in [6.45, 7) is 12.6. The molecule has 2 unspecified atom stereocenters. The molecule has 35 nitrogen and oxygen atoms in total.